The van der Waals surface area contributed by atoms with Gasteiger partial charge in [0, 0.05) is 24.3 Å². The Morgan fingerprint density at radius 3 is 2.15 bits per heavy atom. The van der Waals surface area contributed by atoms with E-state index in [4.69, 9.17) is 18.9 Å². The van der Waals surface area contributed by atoms with Gasteiger partial charge in [0.05, 0.1) is 50.2 Å². The lowest BCUT2D eigenvalue weighted by Gasteiger charge is -2.26. The summed E-state index contributed by atoms with van der Waals surface area (Å²) < 4.78 is 49.6. The molecule has 0 radical (unpaired) electrons. The second-order valence-corrected chi connectivity index (χ2v) is 9.57. The number of carbonyl (C=O) groups excluding carboxylic acids is 1. The van der Waals surface area contributed by atoms with Gasteiger partial charge in [-0.25, -0.2) is 13.8 Å². The van der Waals surface area contributed by atoms with Gasteiger partial charge in [0.25, 0.3) is 21.6 Å². The summed E-state index contributed by atoms with van der Waals surface area (Å²) >= 11 is 0. The maximum Gasteiger partial charge on any atom is 0.269 e. The van der Waals surface area contributed by atoms with Crippen LogP contribution in [0.1, 0.15) is 5.56 Å². The zero-order valence-corrected chi connectivity index (χ0v) is 22.3. The number of methoxy groups -OCH3 is 4. The van der Waals surface area contributed by atoms with Crippen molar-refractivity contribution < 1.29 is 37.1 Å². The van der Waals surface area contributed by atoms with Crippen LogP contribution in [0.3, 0.4) is 0 Å². The topological polar surface area (TPSA) is 159 Å². The lowest BCUT2D eigenvalue weighted by molar-refractivity contribution is -0.384. The Kier molecular flexibility index (Phi) is 9.28. The van der Waals surface area contributed by atoms with Gasteiger partial charge < -0.3 is 18.9 Å². The van der Waals surface area contributed by atoms with Gasteiger partial charge in [0.15, 0.2) is 11.5 Å². The van der Waals surface area contributed by atoms with Crippen molar-refractivity contribution in [2.45, 2.75) is 4.90 Å². The molecule has 13 nitrogen and oxygen atoms in total. The zero-order chi connectivity index (χ0) is 28.6. The highest BCUT2D eigenvalue weighted by atomic mass is 32.2. The maximum atomic E-state index is 13.8. The van der Waals surface area contributed by atoms with E-state index in [9.17, 15) is 23.3 Å². The minimum Gasteiger partial charge on any atom is -0.497 e. The van der Waals surface area contributed by atoms with Crippen LogP contribution in [0.5, 0.6) is 23.0 Å². The molecule has 0 saturated heterocycles. The quantitative estimate of drug-likeness (QED) is 0.200. The van der Waals surface area contributed by atoms with Gasteiger partial charge in [-0.2, -0.15) is 5.10 Å². The first-order chi connectivity index (χ1) is 18.6. The molecule has 1 N–H and O–H groups in total. The lowest BCUT2D eigenvalue weighted by Crippen LogP contribution is -2.39. The Morgan fingerprint density at radius 2 is 1.56 bits per heavy atom. The molecular formula is C25H26N4O9S. The largest absolute Gasteiger partial charge is 0.497 e. The average Bonchev–Trinajstić information content (AvgIpc) is 2.95. The van der Waals surface area contributed by atoms with Crippen LogP contribution in [-0.2, 0) is 14.8 Å². The standard InChI is InChI=1S/C25H26N4O9S/c1-35-19-9-11-22(36-2)21(13-19)28(39(33,34)20-10-12-23(37-3)24(14-20)38-4)16-25(30)27-26-15-17-5-7-18(8-6-17)29(31)32/h5-15H,16H2,1-4H3,(H,27,30)/b26-15-. The van der Waals surface area contributed by atoms with Crippen LogP contribution in [-0.4, -0.2) is 60.4 Å². The van der Waals surface area contributed by atoms with E-state index in [1.807, 2.05) is 0 Å². The summed E-state index contributed by atoms with van der Waals surface area (Å²) in [6.07, 6.45) is 1.26. The van der Waals surface area contributed by atoms with Gasteiger partial charge in [-0.1, -0.05) is 0 Å². The first kappa shape index (κ1) is 28.7. The lowest BCUT2D eigenvalue weighted by atomic mass is 10.2. The molecule has 0 fully saturated rings. The van der Waals surface area contributed by atoms with Gasteiger partial charge in [-0.05, 0) is 42.0 Å². The number of amides is 1. The van der Waals surface area contributed by atoms with Crippen LogP contribution in [0, 0.1) is 10.1 Å². The first-order valence-electron chi connectivity index (χ1n) is 11.2. The number of sulfonamides is 1. The summed E-state index contributed by atoms with van der Waals surface area (Å²) in [7, 11) is 1.19. The van der Waals surface area contributed by atoms with Crippen LogP contribution in [0.2, 0.25) is 0 Å². The third kappa shape index (κ3) is 6.73. The predicted octanol–water partition coefficient (Wildman–Crippen LogP) is 2.97. The molecule has 0 aliphatic heterocycles. The number of hydrogen-bond donors (Lipinski definition) is 1. The highest BCUT2D eigenvalue weighted by molar-refractivity contribution is 7.92. The van der Waals surface area contributed by atoms with Gasteiger partial charge in [-0.15, -0.1) is 0 Å². The Bertz CT molecular complexity index is 1480. The number of hydrazone groups is 1. The monoisotopic (exact) mass is 558 g/mol. The van der Waals surface area contributed by atoms with E-state index in [0.29, 0.717) is 17.1 Å². The van der Waals surface area contributed by atoms with Crippen molar-refractivity contribution >= 4 is 33.5 Å². The molecule has 0 aliphatic rings. The predicted molar refractivity (Wildman–Crippen MR) is 142 cm³/mol. The smallest absolute Gasteiger partial charge is 0.269 e. The van der Waals surface area contributed by atoms with Gasteiger partial charge >= 0.3 is 0 Å². The molecule has 0 spiro atoms. The molecule has 3 rings (SSSR count). The molecule has 0 unspecified atom stereocenters. The molecule has 0 saturated carbocycles. The van der Waals surface area contributed by atoms with E-state index in [2.05, 4.69) is 10.5 Å². The number of hydrogen-bond acceptors (Lipinski definition) is 10. The van der Waals surface area contributed by atoms with Crippen molar-refractivity contribution in [1.82, 2.24) is 5.43 Å². The molecule has 39 heavy (non-hydrogen) atoms. The molecule has 0 atom stereocenters. The second kappa shape index (κ2) is 12.6. The van der Waals surface area contributed by atoms with Crippen LogP contribution >= 0.6 is 0 Å². The van der Waals surface area contributed by atoms with Crippen molar-refractivity contribution in [3.8, 4) is 23.0 Å². The Morgan fingerprint density at radius 1 is 0.923 bits per heavy atom. The van der Waals surface area contributed by atoms with Crippen LogP contribution in [0.15, 0.2) is 70.7 Å². The number of rotatable bonds is 12. The number of anilines is 1. The third-order valence-corrected chi connectivity index (χ3v) is 7.15. The number of non-ortho nitro benzene ring substituents is 1. The third-order valence-electron chi connectivity index (χ3n) is 5.39. The minimum atomic E-state index is -4.37. The first-order valence-corrected chi connectivity index (χ1v) is 12.6. The number of nitro groups is 1. The van der Waals surface area contributed by atoms with E-state index in [1.165, 1.54) is 89.3 Å². The van der Waals surface area contributed by atoms with Gasteiger partial charge in [-0.3, -0.25) is 19.2 Å². The molecule has 1 amide bonds. The molecule has 14 heteroatoms. The molecule has 0 heterocycles. The number of nitro benzene ring substituents is 1. The van der Waals surface area contributed by atoms with Crippen molar-refractivity contribution in [2.75, 3.05) is 39.3 Å². The molecule has 3 aromatic carbocycles. The number of carbonyl (C=O) groups is 1. The number of ether oxygens (including phenoxy) is 4. The zero-order valence-electron chi connectivity index (χ0n) is 21.5. The van der Waals surface area contributed by atoms with E-state index in [-0.39, 0.29) is 27.8 Å². The molecular weight excluding hydrogens is 532 g/mol. The molecule has 206 valence electrons. The fraction of sp³-hybridized carbons (Fsp3) is 0.200. The Labute approximate surface area is 224 Å². The summed E-state index contributed by atoms with van der Waals surface area (Å²) in [5.74, 6) is 0.215. The van der Waals surface area contributed by atoms with Crippen LogP contribution in [0.4, 0.5) is 11.4 Å². The number of nitrogens with one attached hydrogen (secondary N) is 1. The van der Waals surface area contributed by atoms with Gasteiger partial charge in [0.1, 0.15) is 18.0 Å². The summed E-state index contributed by atoms with van der Waals surface area (Å²) in [5.41, 5.74) is 2.69. The maximum absolute atomic E-state index is 13.8. The Hall–Kier alpha value is -4.85. The van der Waals surface area contributed by atoms with Crippen molar-refractivity contribution in [2.24, 2.45) is 5.10 Å². The van der Waals surface area contributed by atoms with Gasteiger partial charge in [0.2, 0.25) is 0 Å². The minimum absolute atomic E-state index is 0.0427. The summed E-state index contributed by atoms with van der Waals surface area (Å²) in [6, 6.07) is 14.0. The second-order valence-electron chi connectivity index (χ2n) is 7.71. The number of benzene rings is 3. The van der Waals surface area contributed by atoms with Crippen LogP contribution in [0.25, 0.3) is 0 Å². The van der Waals surface area contributed by atoms with E-state index in [1.54, 1.807) is 6.07 Å². The Balaban J connectivity index is 1.96. The SMILES string of the molecule is COc1ccc(OC)c(N(CC(=O)N/N=C\c2ccc([N+](=O)[O-])cc2)S(=O)(=O)c2ccc(OC)c(OC)c2)c1. The van der Waals surface area contributed by atoms with Crippen molar-refractivity contribution in [1.29, 1.82) is 0 Å². The average molecular weight is 559 g/mol. The number of nitrogens with zero attached hydrogens (tertiary/aromatic N) is 3. The fourth-order valence-corrected chi connectivity index (χ4v) is 4.86. The normalized spacial score (nSPS) is 11.1. The summed E-state index contributed by atoms with van der Waals surface area (Å²) in [6.45, 7) is -0.683. The molecule has 0 bridgehead atoms. The molecule has 0 aromatic heterocycles. The van der Waals surface area contributed by atoms with Crippen molar-refractivity contribution in [3.05, 3.63) is 76.3 Å². The molecule has 3 aromatic rings. The highest BCUT2D eigenvalue weighted by Gasteiger charge is 2.31. The van der Waals surface area contributed by atoms with Crippen LogP contribution < -0.4 is 28.7 Å². The summed E-state index contributed by atoms with van der Waals surface area (Å²) in [4.78, 5) is 23.0. The van der Waals surface area contributed by atoms with E-state index >= 15 is 0 Å². The van der Waals surface area contributed by atoms with E-state index in [0.717, 1.165) is 4.31 Å². The van der Waals surface area contributed by atoms with Crippen molar-refractivity contribution in [3.63, 3.8) is 0 Å². The summed E-state index contributed by atoms with van der Waals surface area (Å²) in [5, 5.41) is 14.6. The fourth-order valence-electron chi connectivity index (χ4n) is 3.42. The molecule has 0 aliphatic carbocycles. The van der Waals surface area contributed by atoms with E-state index < -0.39 is 27.4 Å². The highest BCUT2D eigenvalue weighted by Crippen LogP contribution is 2.37.